The molecule has 0 atom stereocenters. The molecule has 0 saturated heterocycles. The zero-order valence-electron chi connectivity index (χ0n) is 7.32. The van der Waals surface area contributed by atoms with Crippen LogP contribution in [-0.2, 0) is 0 Å². The summed E-state index contributed by atoms with van der Waals surface area (Å²) in [5.41, 5.74) is 1.58. The van der Waals surface area contributed by atoms with Crippen molar-refractivity contribution in [3.8, 4) is 0 Å². The fraction of sp³-hybridized carbons (Fsp3) is 0.700. The molecule has 0 aliphatic carbocycles. The van der Waals surface area contributed by atoms with Crippen molar-refractivity contribution in [1.29, 1.82) is 0 Å². The molecule has 59 valence electrons. The van der Waals surface area contributed by atoms with Gasteiger partial charge in [0.2, 0.25) is 0 Å². The Bertz CT molecular complexity index is 90.2. The van der Waals surface area contributed by atoms with E-state index >= 15 is 0 Å². The van der Waals surface area contributed by atoms with E-state index in [1.165, 1.54) is 25.7 Å². The van der Waals surface area contributed by atoms with E-state index in [1.54, 1.807) is 5.57 Å². The molecule has 0 saturated carbocycles. The van der Waals surface area contributed by atoms with Gasteiger partial charge in [-0.3, -0.25) is 0 Å². The Morgan fingerprint density at radius 3 is 2.50 bits per heavy atom. The molecular weight excluding hydrogens is 120 g/mol. The van der Waals surface area contributed by atoms with Gasteiger partial charge in [-0.05, 0) is 25.7 Å². The molecule has 1 radical (unpaired) electrons. The maximum absolute atomic E-state index is 3.84. The summed E-state index contributed by atoms with van der Waals surface area (Å²) in [6.45, 7) is 8.28. The minimum atomic E-state index is 1.05. The van der Waals surface area contributed by atoms with Gasteiger partial charge in [0.25, 0.3) is 0 Å². The van der Waals surface area contributed by atoms with Crippen LogP contribution in [0.2, 0.25) is 0 Å². The Morgan fingerprint density at radius 1 is 1.40 bits per heavy atom. The second-order valence-electron chi connectivity index (χ2n) is 2.61. The van der Waals surface area contributed by atoms with Gasteiger partial charge < -0.3 is 0 Å². The smallest absolute Gasteiger partial charge is 0.0320 e. The predicted molar refractivity (Wildman–Crippen MR) is 47.9 cm³/mol. The summed E-state index contributed by atoms with van der Waals surface area (Å²) in [6, 6.07) is 0. The van der Waals surface area contributed by atoms with Gasteiger partial charge in [0.1, 0.15) is 0 Å². The van der Waals surface area contributed by atoms with Crippen molar-refractivity contribution < 1.29 is 0 Å². The molecule has 0 spiro atoms. The number of rotatable bonds is 5. The largest absolute Gasteiger partial charge is 0.0854 e. The van der Waals surface area contributed by atoms with Crippen LogP contribution in [0.1, 0.15) is 46.0 Å². The Kier molecular flexibility index (Phi) is 6.68. The van der Waals surface area contributed by atoms with Crippen LogP contribution in [0.25, 0.3) is 0 Å². The van der Waals surface area contributed by atoms with Crippen LogP contribution >= 0.6 is 0 Å². The molecule has 0 aromatic heterocycles. The maximum Gasteiger partial charge on any atom is -0.0320 e. The first-order valence-corrected chi connectivity index (χ1v) is 4.32. The highest BCUT2D eigenvalue weighted by Gasteiger charge is 1.89. The van der Waals surface area contributed by atoms with Crippen LogP contribution in [0.4, 0.5) is 0 Å². The lowest BCUT2D eigenvalue weighted by Crippen LogP contribution is -1.80. The lowest BCUT2D eigenvalue weighted by atomic mass is 10.1. The topological polar surface area (TPSA) is 0 Å². The summed E-state index contributed by atoms with van der Waals surface area (Å²) in [5, 5.41) is 0. The van der Waals surface area contributed by atoms with Crippen molar-refractivity contribution >= 4 is 0 Å². The van der Waals surface area contributed by atoms with Crippen LogP contribution in [0.3, 0.4) is 0 Å². The lowest BCUT2D eigenvalue weighted by molar-refractivity contribution is 0.868. The van der Waals surface area contributed by atoms with Crippen molar-refractivity contribution in [1.82, 2.24) is 0 Å². The lowest BCUT2D eigenvalue weighted by Gasteiger charge is -2.00. The molecule has 0 unspecified atom stereocenters. The van der Waals surface area contributed by atoms with Gasteiger partial charge in [0.05, 0.1) is 0 Å². The van der Waals surface area contributed by atoms with E-state index in [0.717, 1.165) is 6.42 Å². The van der Waals surface area contributed by atoms with Gasteiger partial charge in [0, 0.05) is 0 Å². The molecule has 0 bridgehead atoms. The van der Waals surface area contributed by atoms with E-state index in [-0.39, 0.29) is 0 Å². The van der Waals surface area contributed by atoms with Gasteiger partial charge in [-0.15, -0.1) is 0 Å². The van der Waals surface area contributed by atoms with Gasteiger partial charge in [-0.25, -0.2) is 0 Å². The number of unbranched alkanes of at least 4 members (excludes halogenated alkanes) is 1. The Hall–Kier alpha value is -0.260. The quantitative estimate of drug-likeness (QED) is 0.509. The van der Waals surface area contributed by atoms with Crippen LogP contribution in [0, 0.1) is 6.92 Å². The number of hydrogen-bond donors (Lipinski definition) is 0. The Balaban J connectivity index is 3.55. The summed E-state index contributed by atoms with van der Waals surface area (Å²) in [4.78, 5) is 0. The summed E-state index contributed by atoms with van der Waals surface area (Å²) < 4.78 is 0. The van der Waals surface area contributed by atoms with Crippen molar-refractivity contribution in [2.45, 2.75) is 46.0 Å². The molecule has 0 aromatic rings. The van der Waals surface area contributed by atoms with Crippen molar-refractivity contribution in [2.24, 2.45) is 0 Å². The molecule has 10 heavy (non-hydrogen) atoms. The van der Waals surface area contributed by atoms with E-state index in [1.807, 2.05) is 0 Å². The Morgan fingerprint density at radius 2 is 2.10 bits per heavy atom. The minimum absolute atomic E-state index is 1.05. The average molecular weight is 139 g/mol. The standard InChI is InChI=1S/C10H19/c1-4-7-9-10(6-3)8-5-2/h9H,2,4-8H2,1,3H3/b10-9+. The fourth-order valence-electron chi connectivity index (χ4n) is 0.999. The van der Waals surface area contributed by atoms with Crippen molar-refractivity contribution in [3.05, 3.63) is 18.6 Å². The van der Waals surface area contributed by atoms with Crippen molar-refractivity contribution in [3.63, 3.8) is 0 Å². The van der Waals surface area contributed by atoms with Crippen molar-refractivity contribution in [2.75, 3.05) is 0 Å². The fourth-order valence-corrected chi connectivity index (χ4v) is 0.999. The first-order valence-electron chi connectivity index (χ1n) is 4.32. The first kappa shape index (κ1) is 9.74. The third-order valence-corrected chi connectivity index (χ3v) is 1.67. The molecule has 0 heteroatoms. The van der Waals surface area contributed by atoms with Crippen LogP contribution in [-0.4, -0.2) is 0 Å². The normalized spacial score (nSPS) is 12.1. The second kappa shape index (κ2) is 6.85. The first-order chi connectivity index (χ1) is 4.85. The third-order valence-electron chi connectivity index (χ3n) is 1.67. The molecule has 0 rings (SSSR count). The molecule has 0 aliphatic rings. The highest BCUT2D eigenvalue weighted by molar-refractivity contribution is 5.00. The predicted octanol–water partition coefficient (Wildman–Crippen LogP) is 3.74. The zero-order chi connectivity index (χ0) is 7.82. The monoisotopic (exact) mass is 139 g/mol. The molecule has 0 nitrogen and oxygen atoms in total. The molecule has 0 amide bonds. The second-order valence-corrected chi connectivity index (χ2v) is 2.61. The molecular formula is C10H19. The summed E-state index contributed by atoms with van der Waals surface area (Å²) in [6.07, 6.45) is 8.31. The Labute approximate surface area is 65.3 Å². The number of hydrogen-bond acceptors (Lipinski definition) is 0. The highest BCUT2D eigenvalue weighted by atomic mass is 14.0. The third kappa shape index (κ3) is 4.60. The summed E-state index contributed by atoms with van der Waals surface area (Å²) in [7, 11) is 0. The van der Waals surface area contributed by atoms with E-state index in [2.05, 4.69) is 26.8 Å². The minimum Gasteiger partial charge on any atom is -0.0854 e. The zero-order valence-corrected chi connectivity index (χ0v) is 7.32. The van der Waals surface area contributed by atoms with E-state index in [0.29, 0.717) is 0 Å². The van der Waals surface area contributed by atoms with Crippen LogP contribution < -0.4 is 0 Å². The maximum atomic E-state index is 3.84. The summed E-state index contributed by atoms with van der Waals surface area (Å²) >= 11 is 0. The molecule has 0 heterocycles. The van der Waals surface area contributed by atoms with Gasteiger partial charge in [-0.1, -0.05) is 38.8 Å². The van der Waals surface area contributed by atoms with Gasteiger partial charge in [-0.2, -0.15) is 0 Å². The van der Waals surface area contributed by atoms with E-state index < -0.39 is 0 Å². The molecule has 0 aliphatic heterocycles. The van der Waals surface area contributed by atoms with Gasteiger partial charge >= 0.3 is 0 Å². The molecule has 0 N–H and O–H groups in total. The highest BCUT2D eigenvalue weighted by Crippen LogP contribution is 2.10. The number of allylic oxidation sites excluding steroid dienone is 2. The molecule has 0 fully saturated rings. The molecule has 0 aromatic carbocycles. The summed E-state index contributed by atoms with van der Waals surface area (Å²) in [5.74, 6) is 0. The van der Waals surface area contributed by atoms with Crippen LogP contribution in [0.15, 0.2) is 11.6 Å². The average Bonchev–Trinajstić information content (AvgIpc) is 1.98. The van der Waals surface area contributed by atoms with Crippen LogP contribution in [0.5, 0.6) is 0 Å². The SMILES string of the molecule is [CH2]CC/C(=C/CCC)CC. The van der Waals surface area contributed by atoms with E-state index in [4.69, 9.17) is 0 Å². The van der Waals surface area contributed by atoms with E-state index in [9.17, 15) is 0 Å². The van der Waals surface area contributed by atoms with Gasteiger partial charge in [0.15, 0.2) is 0 Å².